The van der Waals surface area contributed by atoms with E-state index in [1.54, 1.807) is 6.20 Å². The van der Waals surface area contributed by atoms with Gasteiger partial charge in [-0.15, -0.1) is 0 Å². The van der Waals surface area contributed by atoms with Gasteiger partial charge in [0.25, 0.3) is 0 Å². The summed E-state index contributed by atoms with van der Waals surface area (Å²) in [4.78, 5) is 6.40. The van der Waals surface area contributed by atoms with Crippen LogP contribution in [0.15, 0.2) is 18.3 Å². The Balaban J connectivity index is 1.98. The predicted octanol–water partition coefficient (Wildman–Crippen LogP) is 0.373. The fourth-order valence-corrected chi connectivity index (χ4v) is 2.18. The van der Waals surface area contributed by atoms with E-state index in [2.05, 4.69) is 21.3 Å². The van der Waals surface area contributed by atoms with Crippen LogP contribution in [-0.2, 0) is 11.3 Å². The molecule has 0 amide bonds. The first-order chi connectivity index (χ1) is 8.83. The average molecular weight is 246 g/mol. The Labute approximate surface area is 107 Å². The molecule has 1 aromatic heterocycles. The molecule has 5 nitrogen and oxygen atoms in total. The van der Waals surface area contributed by atoms with Crippen molar-refractivity contribution in [3.8, 4) is 6.07 Å². The SMILES string of the molecule is CNCC1CN(Cc2cccnc2C#N)CCO1. The van der Waals surface area contributed by atoms with Gasteiger partial charge in [-0.25, -0.2) is 4.98 Å². The average Bonchev–Trinajstić information content (AvgIpc) is 2.40. The van der Waals surface area contributed by atoms with E-state index < -0.39 is 0 Å². The van der Waals surface area contributed by atoms with Crippen LogP contribution >= 0.6 is 0 Å². The lowest BCUT2D eigenvalue weighted by atomic mass is 10.1. The van der Waals surface area contributed by atoms with Gasteiger partial charge in [0.1, 0.15) is 11.8 Å². The number of likely N-dealkylation sites (N-methyl/N-ethyl adjacent to an activating group) is 1. The molecule has 0 radical (unpaired) electrons. The molecule has 1 unspecified atom stereocenters. The zero-order valence-electron chi connectivity index (χ0n) is 10.6. The molecule has 1 N–H and O–H groups in total. The Bertz CT molecular complexity index is 427. The van der Waals surface area contributed by atoms with Crippen molar-refractivity contribution in [3.05, 3.63) is 29.6 Å². The van der Waals surface area contributed by atoms with Gasteiger partial charge in [-0.3, -0.25) is 4.90 Å². The zero-order chi connectivity index (χ0) is 12.8. The van der Waals surface area contributed by atoms with Crippen molar-refractivity contribution < 1.29 is 4.74 Å². The number of nitriles is 1. The third-order valence-electron chi connectivity index (χ3n) is 3.05. The van der Waals surface area contributed by atoms with E-state index in [4.69, 9.17) is 10.00 Å². The van der Waals surface area contributed by atoms with E-state index in [0.29, 0.717) is 5.69 Å². The number of nitrogens with one attached hydrogen (secondary N) is 1. The number of ether oxygens (including phenoxy) is 1. The highest BCUT2D eigenvalue weighted by atomic mass is 16.5. The van der Waals surface area contributed by atoms with Crippen molar-refractivity contribution in [1.29, 1.82) is 5.26 Å². The number of morpholine rings is 1. The van der Waals surface area contributed by atoms with Gasteiger partial charge in [-0.2, -0.15) is 5.26 Å². The highest BCUT2D eigenvalue weighted by molar-refractivity contribution is 5.30. The molecule has 1 aliphatic rings. The maximum atomic E-state index is 9.02. The molecule has 1 saturated heterocycles. The third-order valence-corrected chi connectivity index (χ3v) is 3.05. The van der Waals surface area contributed by atoms with Crippen molar-refractivity contribution in [3.63, 3.8) is 0 Å². The van der Waals surface area contributed by atoms with Gasteiger partial charge in [0, 0.05) is 37.9 Å². The maximum absolute atomic E-state index is 9.02. The highest BCUT2D eigenvalue weighted by Crippen LogP contribution is 2.12. The van der Waals surface area contributed by atoms with E-state index >= 15 is 0 Å². The first kappa shape index (κ1) is 13.0. The smallest absolute Gasteiger partial charge is 0.144 e. The molecular formula is C13H18N4O. The van der Waals surface area contributed by atoms with Crippen LogP contribution in [0.25, 0.3) is 0 Å². The summed E-state index contributed by atoms with van der Waals surface area (Å²) < 4.78 is 5.66. The van der Waals surface area contributed by atoms with Crippen molar-refractivity contribution in [2.45, 2.75) is 12.6 Å². The van der Waals surface area contributed by atoms with Crippen LogP contribution in [0.3, 0.4) is 0 Å². The second kappa shape index (κ2) is 6.45. The third kappa shape index (κ3) is 3.26. The normalized spacial score (nSPS) is 20.6. The summed E-state index contributed by atoms with van der Waals surface area (Å²) in [7, 11) is 1.93. The van der Waals surface area contributed by atoms with Crippen LogP contribution < -0.4 is 5.32 Å². The molecule has 1 aliphatic heterocycles. The Kier molecular flexibility index (Phi) is 4.65. The molecule has 0 aromatic carbocycles. The summed E-state index contributed by atoms with van der Waals surface area (Å²) in [5.74, 6) is 0. The first-order valence-corrected chi connectivity index (χ1v) is 6.16. The van der Waals surface area contributed by atoms with Crippen LogP contribution in [0.2, 0.25) is 0 Å². The van der Waals surface area contributed by atoms with Crippen LogP contribution in [0, 0.1) is 11.3 Å². The Hall–Kier alpha value is -1.48. The van der Waals surface area contributed by atoms with Crippen LogP contribution in [-0.4, -0.2) is 49.3 Å². The maximum Gasteiger partial charge on any atom is 0.144 e. The Morgan fingerprint density at radius 1 is 1.67 bits per heavy atom. The molecule has 0 bridgehead atoms. The van der Waals surface area contributed by atoms with Crippen LogP contribution in [0.4, 0.5) is 0 Å². The Morgan fingerprint density at radius 3 is 3.33 bits per heavy atom. The van der Waals surface area contributed by atoms with Crippen molar-refractivity contribution in [2.24, 2.45) is 0 Å². The molecule has 2 rings (SSSR count). The number of pyridine rings is 1. The molecule has 1 atom stereocenters. The zero-order valence-corrected chi connectivity index (χ0v) is 10.6. The van der Waals surface area contributed by atoms with E-state index in [-0.39, 0.29) is 6.10 Å². The lowest BCUT2D eigenvalue weighted by Gasteiger charge is -2.32. The summed E-state index contributed by atoms with van der Waals surface area (Å²) in [6.07, 6.45) is 1.89. The Morgan fingerprint density at radius 2 is 2.56 bits per heavy atom. The number of aromatic nitrogens is 1. The van der Waals surface area contributed by atoms with Crippen LogP contribution in [0.5, 0.6) is 0 Å². The molecule has 5 heteroatoms. The van der Waals surface area contributed by atoms with E-state index in [9.17, 15) is 0 Å². The summed E-state index contributed by atoms with van der Waals surface area (Å²) in [6, 6.07) is 5.98. The van der Waals surface area contributed by atoms with Gasteiger partial charge in [0.2, 0.25) is 0 Å². The number of hydrogen-bond acceptors (Lipinski definition) is 5. The molecule has 0 spiro atoms. The van der Waals surface area contributed by atoms with Crippen LogP contribution in [0.1, 0.15) is 11.3 Å². The lowest BCUT2D eigenvalue weighted by Crippen LogP contribution is -2.45. The second-order valence-corrected chi connectivity index (χ2v) is 4.41. The molecule has 0 aliphatic carbocycles. The minimum atomic E-state index is 0.228. The van der Waals surface area contributed by atoms with Gasteiger partial charge in [-0.1, -0.05) is 6.07 Å². The molecule has 2 heterocycles. The topological polar surface area (TPSA) is 61.2 Å². The van der Waals surface area contributed by atoms with Crippen molar-refractivity contribution >= 4 is 0 Å². The highest BCUT2D eigenvalue weighted by Gasteiger charge is 2.20. The van der Waals surface area contributed by atoms with Crippen molar-refractivity contribution in [1.82, 2.24) is 15.2 Å². The molecule has 96 valence electrons. The van der Waals surface area contributed by atoms with Gasteiger partial charge in [0.15, 0.2) is 0 Å². The summed E-state index contributed by atoms with van der Waals surface area (Å²) >= 11 is 0. The van der Waals surface area contributed by atoms with Crippen molar-refractivity contribution in [2.75, 3.05) is 33.3 Å². The van der Waals surface area contributed by atoms with Gasteiger partial charge >= 0.3 is 0 Å². The number of hydrogen-bond donors (Lipinski definition) is 1. The predicted molar refractivity (Wildman–Crippen MR) is 67.9 cm³/mol. The summed E-state index contributed by atoms with van der Waals surface area (Å²) in [5, 5.41) is 12.1. The largest absolute Gasteiger partial charge is 0.374 e. The summed E-state index contributed by atoms with van der Waals surface area (Å²) in [6.45, 7) is 4.16. The van der Waals surface area contributed by atoms with E-state index in [0.717, 1.165) is 38.3 Å². The molecule has 1 aromatic rings. The number of rotatable bonds is 4. The fourth-order valence-electron chi connectivity index (χ4n) is 2.18. The first-order valence-electron chi connectivity index (χ1n) is 6.16. The minimum Gasteiger partial charge on any atom is -0.374 e. The lowest BCUT2D eigenvalue weighted by molar-refractivity contribution is -0.0291. The van der Waals surface area contributed by atoms with Gasteiger partial charge in [0.05, 0.1) is 12.7 Å². The second-order valence-electron chi connectivity index (χ2n) is 4.41. The fraction of sp³-hybridized carbons (Fsp3) is 0.538. The number of nitrogens with zero attached hydrogens (tertiary/aromatic N) is 3. The molecule has 0 saturated carbocycles. The summed E-state index contributed by atoms with van der Waals surface area (Å²) in [5.41, 5.74) is 1.51. The molecular weight excluding hydrogens is 228 g/mol. The van der Waals surface area contributed by atoms with Gasteiger partial charge < -0.3 is 10.1 Å². The molecule has 1 fully saturated rings. The quantitative estimate of drug-likeness (QED) is 0.832. The monoisotopic (exact) mass is 246 g/mol. The molecule has 18 heavy (non-hydrogen) atoms. The van der Waals surface area contributed by atoms with Gasteiger partial charge in [-0.05, 0) is 13.1 Å². The van der Waals surface area contributed by atoms with E-state index in [1.165, 1.54) is 0 Å². The van der Waals surface area contributed by atoms with E-state index in [1.807, 2.05) is 19.2 Å². The minimum absolute atomic E-state index is 0.228. The standard InChI is InChI=1S/C13H18N4O/c1-15-8-12-10-17(5-6-18-12)9-11-3-2-4-16-13(11)7-14/h2-4,12,15H,5-6,8-10H2,1H3.